The predicted molar refractivity (Wildman–Crippen MR) is 138 cm³/mol. The third kappa shape index (κ3) is 5.93. The Labute approximate surface area is 229 Å². The molecular formula is C27H33F5N6O2. The molecule has 3 aliphatic rings. The number of halogens is 5. The second-order valence-corrected chi connectivity index (χ2v) is 11.0. The number of piperidine rings is 2. The van der Waals surface area contributed by atoms with Crippen LogP contribution >= 0.6 is 0 Å². The molecule has 0 atom stereocenters. The van der Waals surface area contributed by atoms with Gasteiger partial charge < -0.3 is 15.1 Å². The summed E-state index contributed by atoms with van der Waals surface area (Å²) >= 11 is 0. The van der Waals surface area contributed by atoms with E-state index in [0.717, 1.165) is 31.5 Å². The summed E-state index contributed by atoms with van der Waals surface area (Å²) in [6, 6.07) is 4.92. The summed E-state index contributed by atoms with van der Waals surface area (Å²) < 4.78 is 69.5. The van der Waals surface area contributed by atoms with Crippen LogP contribution in [0.25, 0.3) is 0 Å². The van der Waals surface area contributed by atoms with Crippen molar-refractivity contribution in [3.63, 3.8) is 0 Å². The smallest absolute Gasteiger partial charge is 0.371 e. The molecule has 8 nitrogen and oxygen atoms in total. The van der Waals surface area contributed by atoms with Gasteiger partial charge in [0, 0.05) is 76.0 Å². The van der Waals surface area contributed by atoms with Crippen LogP contribution in [0.15, 0.2) is 30.5 Å². The van der Waals surface area contributed by atoms with Crippen molar-refractivity contribution < 1.29 is 31.5 Å². The van der Waals surface area contributed by atoms with Crippen LogP contribution in [0.5, 0.6) is 0 Å². The largest absolute Gasteiger partial charge is 0.416 e. The minimum atomic E-state index is -4.53. The molecule has 2 amide bonds. The van der Waals surface area contributed by atoms with Crippen LogP contribution in [0, 0.1) is 0 Å². The van der Waals surface area contributed by atoms with Gasteiger partial charge in [0.1, 0.15) is 0 Å². The number of hydrogen-bond acceptors (Lipinski definition) is 5. The molecule has 4 heterocycles. The van der Waals surface area contributed by atoms with Crippen molar-refractivity contribution in [2.75, 3.05) is 42.9 Å². The molecule has 3 fully saturated rings. The van der Waals surface area contributed by atoms with Crippen molar-refractivity contribution in [3.05, 3.63) is 41.6 Å². The van der Waals surface area contributed by atoms with Crippen molar-refractivity contribution in [2.45, 2.75) is 69.6 Å². The molecule has 1 aromatic heterocycles. The molecule has 1 aromatic carbocycles. The molecule has 13 heteroatoms. The van der Waals surface area contributed by atoms with E-state index in [1.807, 2.05) is 0 Å². The van der Waals surface area contributed by atoms with Gasteiger partial charge in [-0.25, -0.2) is 13.6 Å². The maximum atomic E-state index is 13.8. The van der Waals surface area contributed by atoms with Gasteiger partial charge in [-0.2, -0.15) is 17.9 Å². The number of carbonyl (C=O) groups excluding carboxylic acids is 2. The third-order valence-corrected chi connectivity index (χ3v) is 8.40. The molecule has 1 spiro atoms. The Bertz CT molecular complexity index is 1240. The lowest BCUT2D eigenvalue weighted by atomic mass is 9.84. The Balaban J connectivity index is 1.30. The highest BCUT2D eigenvalue weighted by Crippen LogP contribution is 2.42. The molecule has 218 valence electrons. The fourth-order valence-electron chi connectivity index (χ4n) is 6.19. The number of nitrogens with one attached hydrogen (secondary N) is 1. The van der Waals surface area contributed by atoms with E-state index in [9.17, 15) is 31.5 Å². The van der Waals surface area contributed by atoms with Gasteiger partial charge >= 0.3 is 12.2 Å². The zero-order valence-corrected chi connectivity index (χ0v) is 22.3. The highest BCUT2D eigenvalue weighted by Gasteiger charge is 2.44. The number of nitrogens with zero attached hydrogens (tertiary/aromatic N) is 5. The molecule has 3 aliphatic heterocycles. The second-order valence-electron chi connectivity index (χ2n) is 11.0. The highest BCUT2D eigenvalue weighted by molar-refractivity contribution is 5.88. The van der Waals surface area contributed by atoms with Gasteiger partial charge in [-0.15, -0.1) is 5.10 Å². The molecule has 0 radical (unpaired) electrons. The molecule has 3 saturated heterocycles. The first-order valence-electron chi connectivity index (χ1n) is 13.6. The van der Waals surface area contributed by atoms with Gasteiger partial charge in [-0.3, -0.25) is 9.69 Å². The van der Waals surface area contributed by atoms with Crippen molar-refractivity contribution in [1.29, 1.82) is 0 Å². The van der Waals surface area contributed by atoms with Crippen LogP contribution in [-0.2, 0) is 17.5 Å². The van der Waals surface area contributed by atoms with E-state index >= 15 is 0 Å². The Morgan fingerprint density at radius 1 is 0.975 bits per heavy atom. The molecule has 0 bridgehead atoms. The Morgan fingerprint density at radius 3 is 2.33 bits per heavy atom. The summed E-state index contributed by atoms with van der Waals surface area (Å²) in [4.78, 5) is 29.9. The van der Waals surface area contributed by atoms with Crippen LogP contribution < -0.4 is 10.2 Å². The van der Waals surface area contributed by atoms with Gasteiger partial charge in [0.15, 0.2) is 5.82 Å². The first-order valence-corrected chi connectivity index (χ1v) is 13.6. The van der Waals surface area contributed by atoms with E-state index < -0.39 is 17.7 Å². The van der Waals surface area contributed by atoms with Gasteiger partial charge in [-0.1, -0.05) is 6.07 Å². The lowest BCUT2D eigenvalue weighted by molar-refractivity contribution is -0.137. The van der Waals surface area contributed by atoms with Crippen LogP contribution in [0.1, 0.15) is 56.6 Å². The Morgan fingerprint density at radius 2 is 1.68 bits per heavy atom. The van der Waals surface area contributed by atoms with E-state index in [2.05, 4.69) is 15.3 Å². The van der Waals surface area contributed by atoms with Gasteiger partial charge in [0.05, 0.1) is 5.56 Å². The predicted octanol–water partition coefficient (Wildman–Crippen LogP) is 5.19. The maximum absolute atomic E-state index is 13.8. The molecular weight excluding hydrogens is 535 g/mol. The SMILES string of the molecule is CC(=O)Nc1ccn(C(=O)N2CCC3(CCCN3Cc3ccc(C(F)(F)F)cc3N3CCC(F)(F)CC3)CC2)n1. The van der Waals surface area contributed by atoms with E-state index in [1.165, 1.54) is 23.9 Å². The molecule has 0 aliphatic carbocycles. The number of alkyl halides is 5. The number of aromatic nitrogens is 2. The Hall–Kier alpha value is -3.22. The van der Waals surface area contributed by atoms with Crippen molar-refractivity contribution in [2.24, 2.45) is 0 Å². The summed E-state index contributed by atoms with van der Waals surface area (Å²) in [5.74, 6) is -2.79. The normalized spacial score (nSPS) is 21.1. The van der Waals surface area contributed by atoms with E-state index in [0.29, 0.717) is 49.5 Å². The van der Waals surface area contributed by atoms with Crippen molar-refractivity contribution >= 4 is 23.4 Å². The van der Waals surface area contributed by atoms with Gasteiger partial charge in [0.2, 0.25) is 5.91 Å². The quantitative estimate of drug-likeness (QED) is 0.514. The molecule has 0 saturated carbocycles. The number of anilines is 2. The number of carbonyl (C=O) groups is 2. The monoisotopic (exact) mass is 568 g/mol. The lowest BCUT2D eigenvalue weighted by Gasteiger charge is -2.45. The van der Waals surface area contributed by atoms with E-state index in [1.54, 1.807) is 15.9 Å². The zero-order chi connectivity index (χ0) is 28.7. The standard InChI is InChI=1S/C27H33F5N6O2/c1-19(39)33-23-5-12-38(34-23)24(40)36-13-7-25(8-14-36)6-2-11-37(25)18-20-3-4-21(27(30,31)32)17-22(20)35-15-9-26(28,29)10-16-35/h3-5,12,17H,2,6-11,13-16,18H2,1H3,(H,33,34,39). The number of rotatable bonds is 4. The molecule has 1 N–H and O–H groups in total. The van der Waals surface area contributed by atoms with Crippen molar-refractivity contribution in [3.8, 4) is 0 Å². The fourth-order valence-corrected chi connectivity index (χ4v) is 6.19. The zero-order valence-electron chi connectivity index (χ0n) is 22.3. The summed E-state index contributed by atoms with van der Waals surface area (Å²) in [5.41, 5.74) is 0.0810. The summed E-state index contributed by atoms with van der Waals surface area (Å²) in [6.07, 6.45) is -0.559. The van der Waals surface area contributed by atoms with Crippen LogP contribution in [0.4, 0.5) is 38.3 Å². The van der Waals surface area contributed by atoms with Crippen LogP contribution in [0.3, 0.4) is 0 Å². The molecule has 0 unspecified atom stereocenters. The number of hydrogen-bond donors (Lipinski definition) is 1. The minimum Gasteiger partial charge on any atom is -0.371 e. The van der Waals surface area contributed by atoms with Gasteiger partial charge in [0.25, 0.3) is 5.92 Å². The van der Waals surface area contributed by atoms with Crippen LogP contribution in [0.2, 0.25) is 0 Å². The summed E-state index contributed by atoms with van der Waals surface area (Å²) in [6.45, 7) is 3.52. The van der Waals surface area contributed by atoms with E-state index in [4.69, 9.17) is 0 Å². The molecule has 5 rings (SSSR count). The maximum Gasteiger partial charge on any atom is 0.416 e. The van der Waals surface area contributed by atoms with Crippen molar-refractivity contribution in [1.82, 2.24) is 19.6 Å². The number of likely N-dealkylation sites (tertiary alicyclic amines) is 2. The summed E-state index contributed by atoms with van der Waals surface area (Å²) in [5, 5.41) is 6.67. The van der Waals surface area contributed by atoms with E-state index in [-0.39, 0.29) is 43.4 Å². The number of benzene rings is 1. The third-order valence-electron chi connectivity index (χ3n) is 8.40. The topological polar surface area (TPSA) is 73.7 Å². The first kappa shape index (κ1) is 28.3. The lowest BCUT2D eigenvalue weighted by Crippen LogP contribution is -2.53. The minimum absolute atomic E-state index is 0.000599. The first-order chi connectivity index (χ1) is 18.9. The Kier molecular flexibility index (Phi) is 7.53. The fraction of sp³-hybridized carbons (Fsp3) is 0.593. The summed E-state index contributed by atoms with van der Waals surface area (Å²) in [7, 11) is 0. The average molecular weight is 569 g/mol. The molecule has 40 heavy (non-hydrogen) atoms. The highest BCUT2D eigenvalue weighted by atomic mass is 19.4. The second kappa shape index (κ2) is 10.6. The van der Waals surface area contributed by atoms with Crippen LogP contribution in [-0.4, -0.2) is 75.7 Å². The molecule has 2 aromatic rings. The average Bonchev–Trinajstić information content (AvgIpc) is 3.50. The number of amides is 2. The van der Waals surface area contributed by atoms with Gasteiger partial charge in [-0.05, 0) is 49.9 Å².